The number of methoxy groups -OCH3 is 1. The molecule has 0 aliphatic carbocycles. The maximum Gasteiger partial charge on any atom is 0.408 e. The number of rotatable bonds is 7. The van der Waals surface area contributed by atoms with Crippen molar-refractivity contribution in [3.8, 4) is 0 Å². The van der Waals surface area contributed by atoms with Crippen LogP contribution in [0.3, 0.4) is 0 Å². The Balaban J connectivity index is 0.00000729. The number of carbonyl (C=O) groups is 4. The third-order valence-corrected chi connectivity index (χ3v) is 3.33. The molecule has 0 aliphatic heterocycles. The van der Waals surface area contributed by atoms with Gasteiger partial charge in [0.15, 0.2) is 0 Å². The van der Waals surface area contributed by atoms with Crippen molar-refractivity contribution in [1.82, 2.24) is 10.6 Å². The smallest absolute Gasteiger partial charge is 0.408 e. The Kier molecular flexibility index (Phi) is 9.91. The van der Waals surface area contributed by atoms with Gasteiger partial charge in [-0.1, -0.05) is 19.6 Å². The third-order valence-electron chi connectivity index (χ3n) is 3.33. The van der Waals surface area contributed by atoms with Crippen LogP contribution in [0, 0.1) is 0 Å². The van der Waals surface area contributed by atoms with Crippen LogP contribution in [-0.4, -0.2) is 49.1 Å². The van der Waals surface area contributed by atoms with Crippen molar-refractivity contribution in [3.05, 3.63) is 35.4 Å². The molecule has 8 heteroatoms. The molecule has 0 spiro atoms. The van der Waals surface area contributed by atoms with E-state index in [1.807, 2.05) is 0 Å². The lowest BCUT2D eigenvalue weighted by molar-refractivity contribution is -0.143. The zero-order chi connectivity index (χ0) is 20.6. The summed E-state index contributed by atoms with van der Waals surface area (Å²) < 4.78 is 9.89. The van der Waals surface area contributed by atoms with E-state index in [1.54, 1.807) is 45.0 Å². The molecule has 0 aromatic heterocycles. The van der Waals surface area contributed by atoms with Crippen molar-refractivity contribution in [2.24, 2.45) is 0 Å². The number of alkyl carbamates (subject to hydrolysis) is 1. The number of benzene rings is 1. The Morgan fingerprint density at radius 2 is 1.64 bits per heavy atom. The van der Waals surface area contributed by atoms with Crippen LogP contribution in [0.2, 0.25) is 0 Å². The minimum absolute atomic E-state index is 0. The second-order valence-electron chi connectivity index (χ2n) is 7.01. The molecule has 0 saturated heterocycles. The van der Waals surface area contributed by atoms with Crippen molar-refractivity contribution in [2.45, 2.75) is 53.2 Å². The molecule has 156 valence electrons. The Morgan fingerprint density at radius 1 is 1.07 bits per heavy atom. The molecular formula is C20H30N2O6. The normalized spacial score (nSPS) is 11.5. The fourth-order valence-electron chi connectivity index (χ4n) is 2.12. The summed E-state index contributed by atoms with van der Waals surface area (Å²) in [6.45, 7) is 6.50. The van der Waals surface area contributed by atoms with Crippen LogP contribution >= 0.6 is 0 Å². The second kappa shape index (κ2) is 11.1. The largest absolute Gasteiger partial charge is 0.467 e. The molecule has 1 unspecified atom stereocenters. The average Bonchev–Trinajstić information content (AvgIpc) is 2.57. The topological polar surface area (TPSA) is 111 Å². The van der Waals surface area contributed by atoms with E-state index in [4.69, 9.17) is 9.47 Å². The summed E-state index contributed by atoms with van der Waals surface area (Å²) in [6.07, 6.45) is -0.556. The van der Waals surface area contributed by atoms with Crippen molar-refractivity contribution in [1.29, 1.82) is 0 Å². The van der Waals surface area contributed by atoms with Gasteiger partial charge in [-0.25, -0.2) is 9.59 Å². The van der Waals surface area contributed by atoms with Crippen molar-refractivity contribution >= 4 is 23.8 Å². The molecule has 1 aromatic carbocycles. The average molecular weight is 394 g/mol. The van der Waals surface area contributed by atoms with Gasteiger partial charge in [0.05, 0.1) is 13.7 Å². The summed E-state index contributed by atoms with van der Waals surface area (Å²) in [5.74, 6) is -1.12. The highest BCUT2D eigenvalue weighted by atomic mass is 16.6. The van der Waals surface area contributed by atoms with E-state index in [-0.39, 0.29) is 32.1 Å². The molecule has 1 rings (SSSR count). The van der Waals surface area contributed by atoms with Gasteiger partial charge in [0, 0.05) is 12.0 Å². The van der Waals surface area contributed by atoms with Gasteiger partial charge in [-0.3, -0.25) is 9.59 Å². The van der Waals surface area contributed by atoms with Crippen LogP contribution in [0.5, 0.6) is 0 Å². The lowest BCUT2D eigenvalue weighted by Gasteiger charge is -2.22. The molecule has 28 heavy (non-hydrogen) atoms. The number of hydrogen-bond acceptors (Lipinski definition) is 6. The van der Waals surface area contributed by atoms with Crippen LogP contribution in [0.1, 0.15) is 51.0 Å². The van der Waals surface area contributed by atoms with Crippen molar-refractivity contribution < 1.29 is 28.7 Å². The van der Waals surface area contributed by atoms with Gasteiger partial charge in [0.25, 0.3) is 5.91 Å². The van der Waals surface area contributed by atoms with Crippen LogP contribution in [0.25, 0.3) is 0 Å². The van der Waals surface area contributed by atoms with Gasteiger partial charge in [0.1, 0.15) is 17.4 Å². The highest BCUT2D eigenvalue weighted by molar-refractivity contribution is 5.96. The highest BCUT2D eigenvalue weighted by Gasteiger charge is 2.25. The highest BCUT2D eigenvalue weighted by Crippen LogP contribution is 2.10. The molecule has 0 bridgehead atoms. The third kappa shape index (κ3) is 9.16. The predicted molar refractivity (Wildman–Crippen MR) is 105 cm³/mol. The molecule has 2 N–H and O–H groups in total. The minimum atomic E-state index is -0.928. The Morgan fingerprint density at radius 3 is 2.11 bits per heavy atom. The number of esters is 1. The molecule has 8 nitrogen and oxygen atoms in total. The molecule has 0 heterocycles. The standard InChI is InChI=1S/C19H26N2O6.CH4/c1-12(22)11-20-16(23)14-8-6-13(7-9-14)10-15(17(24)26-5)21-18(25)27-19(2,3)4;/h6-9,15H,10-11H2,1-5H3,(H,20,23)(H,21,25);1H4. The quantitative estimate of drug-likeness (QED) is 0.686. The summed E-state index contributed by atoms with van der Waals surface area (Å²) in [6, 6.07) is 5.55. The summed E-state index contributed by atoms with van der Waals surface area (Å²) in [5, 5.41) is 4.99. The van der Waals surface area contributed by atoms with E-state index < -0.39 is 23.7 Å². The lowest BCUT2D eigenvalue weighted by Crippen LogP contribution is -2.45. The first kappa shape index (κ1) is 25.1. The first-order valence-corrected chi connectivity index (χ1v) is 8.45. The molecule has 0 aliphatic rings. The Labute approximate surface area is 166 Å². The van der Waals surface area contributed by atoms with Gasteiger partial charge in [-0.15, -0.1) is 0 Å². The van der Waals surface area contributed by atoms with Gasteiger partial charge in [0.2, 0.25) is 0 Å². The molecule has 0 fully saturated rings. The van der Waals surface area contributed by atoms with Gasteiger partial charge < -0.3 is 20.1 Å². The maximum absolute atomic E-state index is 12.0. The Hall–Kier alpha value is -2.90. The summed E-state index contributed by atoms with van der Waals surface area (Å²) in [4.78, 5) is 46.7. The van der Waals surface area contributed by atoms with Crippen LogP contribution in [0.4, 0.5) is 4.79 Å². The number of amides is 2. The number of nitrogens with one attached hydrogen (secondary N) is 2. The van der Waals surface area contributed by atoms with Gasteiger partial charge >= 0.3 is 12.1 Å². The molecule has 1 aromatic rings. The molecular weight excluding hydrogens is 364 g/mol. The zero-order valence-electron chi connectivity index (χ0n) is 16.3. The maximum atomic E-state index is 12.0. The van der Waals surface area contributed by atoms with Crippen LogP contribution in [-0.2, 0) is 25.5 Å². The van der Waals surface area contributed by atoms with Gasteiger partial charge in [-0.05, 0) is 45.4 Å². The SMILES string of the molecule is C.COC(=O)C(Cc1ccc(C(=O)NCC(C)=O)cc1)NC(=O)OC(C)(C)C. The summed E-state index contributed by atoms with van der Waals surface area (Å²) >= 11 is 0. The second-order valence-corrected chi connectivity index (χ2v) is 7.01. The summed E-state index contributed by atoms with van der Waals surface area (Å²) in [5.41, 5.74) is 0.402. The number of hydrogen-bond donors (Lipinski definition) is 2. The molecule has 2 amide bonds. The fourth-order valence-corrected chi connectivity index (χ4v) is 2.12. The first-order chi connectivity index (χ1) is 12.5. The van der Waals surface area contributed by atoms with E-state index in [0.717, 1.165) is 0 Å². The van der Waals surface area contributed by atoms with Crippen molar-refractivity contribution in [3.63, 3.8) is 0 Å². The van der Waals surface area contributed by atoms with Crippen molar-refractivity contribution in [2.75, 3.05) is 13.7 Å². The molecule has 1 atom stereocenters. The minimum Gasteiger partial charge on any atom is -0.467 e. The fraction of sp³-hybridized carbons (Fsp3) is 0.500. The van der Waals surface area contributed by atoms with Gasteiger partial charge in [-0.2, -0.15) is 0 Å². The summed E-state index contributed by atoms with van der Waals surface area (Å²) in [7, 11) is 1.23. The number of ether oxygens (including phenoxy) is 2. The molecule has 0 saturated carbocycles. The lowest BCUT2D eigenvalue weighted by atomic mass is 10.0. The zero-order valence-corrected chi connectivity index (χ0v) is 16.3. The monoisotopic (exact) mass is 394 g/mol. The number of carbonyl (C=O) groups excluding carboxylic acids is 4. The van der Waals surface area contributed by atoms with Crippen LogP contribution < -0.4 is 10.6 Å². The van der Waals surface area contributed by atoms with E-state index in [0.29, 0.717) is 11.1 Å². The molecule has 0 radical (unpaired) electrons. The van der Waals surface area contributed by atoms with E-state index in [1.165, 1.54) is 14.0 Å². The van der Waals surface area contributed by atoms with E-state index in [9.17, 15) is 19.2 Å². The van der Waals surface area contributed by atoms with E-state index in [2.05, 4.69) is 10.6 Å². The number of Topliss-reactive ketones (excluding diaryl/α,β-unsaturated/α-hetero) is 1. The van der Waals surface area contributed by atoms with E-state index >= 15 is 0 Å². The Bertz CT molecular complexity index is 692. The predicted octanol–water partition coefficient (Wildman–Crippen LogP) is 2.25. The number of ketones is 1. The first-order valence-electron chi connectivity index (χ1n) is 8.45. The van der Waals surface area contributed by atoms with Crippen LogP contribution in [0.15, 0.2) is 24.3 Å².